The Bertz CT molecular complexity index is 770. The molecule has 1 aliphatic rings. The molecular formula is C18H25N5O2. The van der Waals surface area contributed by atoms with Crippen molar-refractivity contribution >= 4 is 23.0 Å². The molecule has 0 radical (unpaired) electrons. The lowest BCUT2D eigenvalue weighted by Gasteiger charge is -2.30. The molecule has 0 aliphatic carbocycles. The Labute approximate surface area is 147 Å². The van der Waals surface area contributed by atoms with Crippen LogP contribution in [0.15, 0.2) is 24.3 Å². The van der Waals surface area contributed by atoms with E-state index >= 15 is 0 Å². The van der Waals surface area contributed by atoms with Crippen LogP contribution in [0.4, 0.5) is 4.79 Å². The Morgan fingerprint density at radius 2 is 2.16 bits per heavy atom. The number of amides is 3. The van der Waals surface area contributed by atoms with Crippen LogP contribution < -0.4 is 11.1 Å². The van der Waals surface area contributed by atoms with Crippen molar-refractivity contribution in [1.29, 1.82) is 0 Å². The summed E-state index contributed by atoms with van der Waals surface area (Å²) >= 11 is 0. The number of fused-ring (bicyclic) bond motifs is 1. The summed E-state index contributed by atoms with van der Waals surface area (Å²) in [6, 6.07) is 7.61. The summed E-state index contributed by atoms with van der Waals surface area (Å²) in [5.41, 5.74) is 7.42. The number of carbonyl (C=O) groups excluding carboxylic acids is 2. The molecule has 0 bridgehead atoms. The highest BCUT2D eigenvalue weighted by molar-refractivity contribution is 5.80. The molecule has 25 heavy (non-hydrogen) atoms. The van der Waals surface area contributed by atoms with Crippen molar-refractivity contribution in [1.82, 2.24) is 19.8 Å². The first kappa shape index (κ1) is 17.3. The Kier molecular flexibility index (Phi) is 5.21. The molecule has 0 unspecified atom stereocenters. The van der Waals surface area contributed by atoms with E-state index in [1.165, 1.54) is 0 Å². The maximum atomic E-state index is 12.4. The van der Waals surface area contributed by atoms with Crippen molar-refractivity contribution in [3.8, 4) is 0 Å². The van der Waals surface area contributed by atoms with Gasteiger partial charge in [0.15, 0.2) is 0 Å². The van der Waals surface area contributed by atoms with E-state index in [1.54, 1.807) is 4.90 Å². The summed E-state index contributed by atoms with van der Waals surface area (Å²) in [5, 5.41) is 2.98. The molecule has 2 heterocycles. The van der Waals surface area contributed by atoms with Gasteiger partial charge in [-0.25, -0.2) is 9.78 Å². The Hall–Kier alpha value is -2.57. The van der Waals surface area contributed by atoms with Gasteiger partial charge in [-0.15, -0.1) is 0 Å². The molecule has 1 aliphatic heterocycles. The number of carbonyl (C=O) groups is 2. The molecule has 2 aromatic rings. The molecule has 134 valence electrons. The average molecular weight is 343 g/mol. The topological polar surface area (TPSA) is 93.3 Å². The number of para-hydroxylation sites is 2. The molecule has 1 aromatic carbocycles. The number of primary amides is 1. The number of likely N-dealkylation sites (tertiary alicyclic amines) is 1. The van der Waals surface area contributed by atoms with Crippen molar-refractivity contribution in [2.24, 2.45) is 11.7 Å². The van der Waals surface area contributed by atoms with Crippen LogP contribution in [0.25, 0.3) is 11.0 Å². The molecule has 1 fully saturated rings. The third kappa shape index (κ3) is 3.75. The third-order valence-electron chi connectivity index (χ3n) is 4.80. The summed E-state index contributed by atoms with van der Waals surface area (Å²) in [6.07, 6.45) is 2.29. The van der Waals surface area contributed by atoms with Crippen LogP contribution in [0, 0.1) is 5.92 Å². The van der Waals surface area contributed by atoms with Gasteiger partial charge in [0.25, 0.3) is 0 Å². The van der Waals surface area contributed by atoms with E-state index in [1.807, 2.05) is 18.2 Å². The first-order valence-electron chi connectivity index (χ1n) is 8.86. The highest BCUT2D eigenvalue weighted by atomic mass is 16.2. The van der Waals surface area contributed by atoms with Crippen LogP contribution in [0.1, 0.15) is 25.6 Å². The van der Waals surface area contributed by atoms with Gasteiger partial charge in [-0.2, -0.15) is 0 Å². The maximum Gasteiger partial charge on any atom is 0.314 e. The summed E-state index contributed by atoms with van der Waals surface area (Å²) in [6.45, 7) is 4.53. The first-order chi connectivity index (χ1) is 12.1. The van der Waals surface area contributed by atoms with Crippen molar-refractivity contribution in [2.75, 3.05) is 19.6 Å². The third-order valence-corrected chi connectivity index (χ3v) is 4.80. The minimum absolute atomic E-state index is 0.00916. The fourth-order valence-corrected chi connectivity index (χ4v) is 3.50. The zero-order valence-electron chi connectivity index (χ0n) is 14.6. The van der Waals surface area contributed by atoms with Crippen molar-refractivity contribution in [3.63, 3.8) is 0 Å². The quantitative estimate of drug-likeness (QED) is 0.861. The SMILES string of the molecule is CCn1c(CCNC(=O)[C@H]2CCCN(C(N)=O)C2)nc2ccccc21. The molecule has 1 saturated heterocycles. The maximum absolute atomic E-state index is 12.4. The largest absolute Gasteiger partial charge is 0.355 e. The molecule has 7 nitrogen and oxygen atoms in total. The summed E-state index contributed by atoms with van der Waals surface area (Å²) in [4.78, 5) is 29.9. The van der Waals surface area contributed by atoms with Crippen LogP contribution in [-0.4, -0.2) is 46.0 Å². The van der Waals surface area contributed by atoms with Crippen molar-refractivity contribution < 1.29 is 9.59 Å². The molecule has 3 amide bonds. The van der Waals surface area contributed by atoms with E-state index in [2.05, 4.69) is 27.9 Å². The number of imidazole rings is 1. The van der Waals surface area contributed by atoms with Gasteiger partial charge in [-0.3, -0.25) is 4.79 Å². The molecule has 3 rings (SSSR count). The van der Waals surface area contributed by atoms with Gasteiger partial charge in [0.1, 0.15) is 5.82 Å². The highest BCUT2D eigenvalue weighted by Crippen LogP contribution is 2.17. The summed E-state index contributed by atoms with van der Waals surface area (Å²) in [7, 11) is 0. The minimum atomic E-state index is -0.450. The number of nitrogens with one attached hydrogen (secondary N) is 1. The van der Waals surface area contributed by atoms with Crippen LogP contribution in [0.5, 0.6) is 0 Å². The van der Waals surface area contributed by atoms with Gasteiger partial charge in [-0.05, 0) is 31.9 Å². The van der Waals surface area contributed by atoms with E-state index < -0.39 is 6.03 Å². The summed E-state index contributed by atoms with van der Waals surface area (Å²) in [5.74, 6) is 0.794. The van der Waals surface area contributed by atoms with E-state index in [0.29, 0.717) is 26.1 Å². The predicted molar refractivity (Wildman–Crippen MR) is 96.0 cm³/mol. The van der Waals surface area contributed by atoms with Gasteiger partial charge in [0.2, 0.25) is 5.91 Å². The number of urea groups is 1. The smallest absolute Gasteiger partial charge is 0.314 e. The Morgan fingerprint density at radius 1 is 1.36 bits per heavy atom. The van der Waals surface area contributed by atoms with Gasteiger partial charge in [-0.1, -0.05) is 12.1 Å². The Morgan fingerprint density at radius 3 is 2.92 bits per heavy atom. The number of hydrogen-bond donors (Lipinski definition) is 2. The molecule has 0 spiro atoms. The lowest BCUT2D eigenvalue weighted by atomic mass is 9.97. The van der Waals surface area contributed by atoms with E-state index in [-0.39, 0.29) is 11.8 Å². The monoisotopic (exact) mass is 343 g/mol. The molecule has 0 saturated carbocycles. The second kappa shape index (κ2) is 7.55. The van der Waals surface area contributed by atoms with Gasteiger partial charge >= 0.3 is 6.03 Å². The first-order valence-corrected chi connectivity index (χ1v) is 8.86. The highest BCUT2D eigenvalue weighted by Gasteiger charge is 2.27. The van der Waals surface area contributed by atoms with Crippen molar-refractivity contribution in [2.45, 2.75) is 32.7 Å². The molecule has 1 atom stereocenters. The second-order valence-electron chi connectivity index (χ2n) is 6.43. The molecular weight excluding hydrogens is 318 g/mol. The van der Waals surface area contributed by atoms with E-state index in [4.69, 9.17) is 5.73 Å². The lowest BCUT2D eigenvalue weighted by molar-refractivity contribution is -0.126. The van der Waals surface area contributed by atoms with Crippen LogP contribution in [0.3, 0.4) is 0 Å². The lowest BCUT2D eigenvalue weighted by Crippen LogP contribution is -2.47. The number of rotatable bonds is 5. The normalized spacial score (nSPS) is 17.6. The van der Waals surface area contributed by atoms with Gasteiger partial charge in [0, 0.05) is 32.6 Å². The number of aromatic nitrogens is 2. The predicted octanol–water partition coefficient (Wildman–Crippen LogP) is 1.51. The standard InChI is InChI=1S/C18H25N5O2/c1-2-23-15-8-4-3-7-14(15)21-16(23)9-10-20-17(24)13-6-5-11-22(12-13)18(19)25/h3-4,7-8,13H,2,5-6,9-12H2,1H3,(H2,19,25)(H,20,24)/t13-/m0/s1. The number of hydrogen-bond acceptors (Lipinski definition) is 3. The fourth-order valence-electron chi connectivity index (χ4n) is 3.50. The summed E-state index contributed by atoms with van der Waals surface area (Å²) < 4.78 is 2.18. The van der Waals surface area contributed by atoms with E-state index in [9.17, 15) is 9.59 Å². The zero-order valence-corrected chi connectivity index (χ0v) is 14.6. The van der Waals surface area contributed by atoms with Crippen molar-refractivity contribution in [3.05, 3.63) is 30.1 Å². The average Bonchev–Trinajstić information content (AvgIpc) is 2.99. The van der Waals surface area contributed by atoms with Crippen LogP contribution >= 0.6 is 0 Å². The van der Waals surface area contributed by atoms with Gasteiger partial charge < -0.3 is 20.5 Å². The second-order valence-corrected chi connectivity index (χ2v) is 6.43. The number of piperidine rings is 1. The number of benzene rings is 1. The van der Waals surface area contributed by atoms with Crippen LogP contribution in [-0.2, 0) is 17.8 Å². The van der Waals surface area contributed by atoms with E-state index in [0.717, 1.165) is 36.2 Å². The fraction of sp³-hybridized carbons (Fsp3) is 0.500. The molecule has 1 aromatic heterocycles. The number of nitrogens with zero attached hydrogens (tertiary/aromatic N) is 3. The minimum Gasteiger partial charge on any atom is -0.355 e. The Balaban J connectivity index is 1.57. The molecule has 3 N–H and O–H groups in total. The van der Waals surface area contributed by atoms with Gasteiger partial charge in [0.05, 0.1) is 17.0 Å². The number of aryl methyl sites for hydroxylation is 1. The van der Waals surface area contributed by atoms with Crippen LogP contribution in [0.2, 0.25) is 0 Å². The zero-order chi connectivity index (χ0) is 17.8. The number of nitrogens with two attached hydrogens (primary N) is 1. The molecule has 7 heteroatoms.